The lowest BCUT2D eigenvalue weighted by molar-refractivity contribution is 0.626. The van der Waals surface area contributed by atoms with Crippen LogP contribution >= 0.6 is 0 Å². The van der Waals surface area contributed by atoms with Crippen LogP contribution in [0.1, 0.15) is 12.7 Å². The number of nitrogens with one attached hydrogen (secondary N) is 1. The maximum absolute atomic E-state index is 4.31. The third-order valence-electron chi connectivity index (χ3n) is 3.26. The Labute approximate surface area is 107 Å². The van der Waals surface area contributed by atoms with Crippen LogP contribution in [-0.2, 0) is 6.54 Å². The Kier molecular flexibility index (Phi) is 2.84. The van der Waals surface area contributed by atoms with E-state index in [2.05, 4.69) is 51.4 Å². The summed E-state index contributed by atoms with van der Waals surface area (Å²) >= 11 is 0. The lowest BCUT2D eigenvalue weighted by Crippen LogP contribution is -2.41. The van der Waals surface area contributed by atoms with Crippen molar-refractivity contribution in [2.45, 2.75) is 19.5 Å². The summed E-state index contributed by atoms with van der Waals surface area (Å²) in [6.07, 6.45) is 3.59. The van der Waals surface area contributed by atoms with Crippen LogP contribution in [0, 0.1) is 0 Å². The van der Waals surface area contributed by atoms with Crippen LogP contribution in [0.3, 0.4) is 0 Å². The summed E-state index contributed by atoms with van der Waals surface area (Å²) in [4.78, 5) is 11.0. The molecule has 2 heterocycles. The predicted molar refractivity (Wildman–Crippen MR) is 72.6 cm³/mol. The van der Waals surface area contributed by atoms with E-state index in [9.17, 15) is 0 Å². The van der Waals surface area contributed by atoms with Gasteiger partial charge in [0.05, 0.1) is 17.9 Å². The average Bonchev–Trinajstić information content (AvgIpc) is 2.43. The number of aromatic nitrogens is 2. The Morgan fingerprint density at radius 1 is 1.22 bits per heavy atom. The highest BCUT2D eigenvalue weighted by atomic mass is 15.2. The zero-order valence-corrected chi connectivity index (χ0v) is 10.4. The van der Waals surface area contributed by atoms with Crippen LogP contribution in [0.5, 0.6) is 0 Å². The Balaban J connectivity index is 1.91. The molecule has 1 aliphatic rings. The molecule has 1 N–H and O–H groups in total. The van der Waals surface area contributed by atoms with Crippen LogP contribution in [0.4, 0.5) is 11.4 Å². The molecular weight excluding hydrogens is 224 g/mol. The summed E-state index contributed by atoms with van der Waals surface area (Å²) in [7, 11) is 0. The summed E-state index contributed by atoms with van der Waals surface area (Å²) < 4.78 is 0. The van der Waals surface area contributed by atoms with Gasteiger partial charge in [-0.1, -0.05) is 12.1 Å². The van der Waals surface area contributed by atoms with Crippen molar-refractivity contribution in [3.63, 3.8) is 0 Å². The zero-order valence-electron chi connectivity index (χ0n) is 10.4. The smallest absolute Gasteiger partial charge is 0.147 e. The first-order chi connectivity index (χ1) is 8.84. The van der Waals surface area contributed by atoms with Gasteiger partial charge >= 0.3 is 0 Å². The molecule has 1 unspecified atom stereocenters. The zero-order chi connectivity index (χ0) is 12.4. The van der Waals surface area contributed by atoms with E-state index in [1.54, 1.807) is 12.4 Å². The Morgan fingerprint density at radius 2 is 2.00 bits per heavy atom. The minimum Gasteiger partial charge on any atom is -0.381 e. The van der Waals surface area contributed by atoms with Crippen molar-refractivity contribution in [3.8, 4) is 0 Å². The Hall–Kier alpha value is -2.10. The topological polar surface area (TPSA) is 41.0 Å². The number of hydrogen-bond donors (Lipinski definition) is 1. The fourth-order valence-electron chi connectivity index (χ4n) is 2.28. The van der Waals surface area contributed by atoms with Crippen molar-refractivity contribution in [2.24, 2.45) is 0 Å². The lowest BCUT2D eigenvalue weighted by atomic mass is 10.1. The Bertz CT molecular complexity index is 526. The second-order valence-electron chi connectivity index (χ2n) is 4.54. The quantitative estimate of drug-likeness (QED) is 0.874. The van der Waals surface area contributed by atoms with Crippen molar-refractivity contribution in [2.75, 3.05) is 16.8 Å². The molecule has 92 valence electrons. The molecule has 4 nitrogen and oxygen atoms in total. The predicted octanol–water partition coefficient (Wildman–Crippen LogP) is 2.30. The highest BCUT2D eigenvalue weighted by Gasteiger charge is 2.22. The van der Waals surface area contributed by atoms with Crippen molar-refractivity contribution >= 4 is 11.4 Å². The molecule has 0 aliphatic carbocycles. The summed E-state index contributed by atoms with van der Waals surface area (Å²) in [6, 6.07) is 10.7. The standard InChI is InChI=1S/C14H16N4/c1-11-9-17-12-5-2-3-6-13(12)18(11)10-14-15-7-4-8-16-14/h2-8,11,17H,9-10H2,1H3. The average molecular weight is 240 g/mol. The number of hydrogen-bond acceptors (Lipinski definition) is 4. The van der Waals surface area contributed by atoms with Crippen molar-refractivity contribution in [3.05, 3.63) is 48.5 Å². The molecular formula is C14H16N4. The SMILES string of the molecule is CC1CNc2ccccc2N1Cc1ncccn1. The maximum Gasteiger partial charge on any atom is 0.147 e. The van der Waals surface area contributed by atoms with Gasteiger partial charge in [-0.15, -0.1) is 0 Å². The summed E-state index contributed by atoms with van der Waals surface area (Å²) in [5.41, 5.74) is 2.41. The van der Waals surface area contributed by atoms with E-state index >= 15 is 0 Å². The van der Waals surface area contributed by atoms with Gasteiger partial charge in [-0.25, -0.2) is 9.97 Å². The van der Waals surface area contributed by atoms with Crippen LogP contribution in [0.25, 0.3) is 0 Å². The molecule has 0 saturated carbocycles. The number of nitrogens with zero attached hydrogens (tertiary/aromatic N) is 3. The first kappa shape index (κ1) is 11.0. The van der Waals surface area contributed by atoms with E-state index in [4.69, 9.17) is 0 Å². The number of para-hydroxylation sites is 2. The molecule has 0 spiro atoms. The third-order valence-corrected chi connectivity index (χ3v) is 3.26. The maximum atomic E-state index is 4.31. The minimum atomic E-state index is 0.434. The van der Waals surface area contributed by atoms with Gasteiger partial charge in [-0.05, 0) is 25.1 Å². The van der Waals surface area contributed by atoms with E-state index in [0.717, 1.165) is 18.9 Å². The molecule has 2 aromatic rings. The van der Waals surface area contributed by atoms with E-state index in [1.807, 2.05) is 6.07 Å². The molecule has 0 bridgehead atoms. The lowest BCUT2D eigenvalue weighted by Gasteiger charge is -2.37. The van der Waals surface area contributed by atoms with Gasteiger partial charge in [0.25, 0.3) is 0 Å². The first-order valence-corrected chi connectivity index (χ1v) is 6.20. The highest BCUT2D eigenvalue weighted by molar-refractivity contribution is 5.72. The van der Waals surface area contributed by atoms with Gasteiger partial charge < -0.3 is 10.2 Å². The van der Waals surface area contributed by atoms with E-state index < -0.39 is 0 Å². The van der Waals surface area contributed by atoms with Crippen LogP contribution in [-0.4, -0.2) is 22.6 Å². The number of anilines is 2. The number of rotatable bonds is 2. The second-order valence-corrected chi connectivity index (χ2v) is 4.54. The minimum absolute atomic E-state index is 0.434. The van der Waals surface area contributed by atoms with Gasteiger partial charge in [0.15, 0.2) is 0 Å². The van der Waals surface area contributed by atoms with Gasteiger partial charge in [-0.2, -0.15) is 0 Å². The molecule has 1 atom stereocenters. The van der Waals surface area contributed by atoms with Crippen LogP contribution in [0.2, 0.25) is 0 Å². The number of fused-ring (bicyclic) bond motifs is 1. The number of benzene rings is 1. The molecule has 0 saturated heterocycles. The van der Waals surface area contributed by atoms with Gasteiger partial charge in [0.2, 0.25) is 0 Å². The monoisotopic (exact) mass is 240 g/mol. The highest BCUT2D eigenvalue weighted by Crippen LogP contribution is 2.31. The molecule has 3 rings (SSSR count). The molecule has 1 aromatic carbocycles. The van der Waals surface area contributed by atoms with Gasteiger partial charge in [-0.3, -0.25) is 0 Å². The van der Waals surface area contributed by atoms with Crippen LogP contribution < -0.4 is 10.2 Å². The van der Waals surface area contributed by atoms with Gasteiger partial charge in [0.1, 0.15) is 5.82 Å². The van der Waals surface area contributed by atoms with Crippen molar-refractivity contribution < 1.29 is 0 Å². The third kappa shape index (κ3) is 2.01. The Morgan fingerprint density at radius 3 is 2.83 bits per heavy atom. The van der Waals surface area contributed by atoms with Gasteiger partial charge in [0, 0.05) is 25.0 Å². The fraction of sp³-hybridized carbons (Fsp3) is 0.286. The molecule has 4 heteroatoms. The first-order valence-electron chi connectivity index (χ1n) is 6.20. The van der Waals surface area contributed by atoms with E-state index in [-0.39, 0.29) is 0 Å². The summed E-state index contributed by atoms with van der Waals surface area (Å²) in [5, 5.41) is 3.45. The van der Waals surface area contributed by atoms with Crippen LogP contribution in [0.15, 0.2) is 42.7 Å². The van der Waals surface area contributed by atoms with Crippen molar-refractivity contribution in [1.82, 2.24) is 9.97 Å². The van der Waals surface area contributed by atoms with Crippen molar-refractivity contribution in [1.29, 1.82) is 0 Å². The summed E-state index contributed by atoms with van der Waals surface area (Å²) in [6.45, 7) is 3.91. The summed E-state index contributed by atoms with van der Waals surface area (Å²) in [5.74, 6) is 0.862. The molecule has 1 aromatic heterocycles. The fourth-order valence-corrected chi connectivity index (χ4v) is 2.28. The molecule has 0 radical (unpaired) electrons. The van der Waals surface area contributed by atoms with E-state index in [0.29, 0.717) is 6.04 Å². The molecule has 1 aliphatic heterocycles. The molecule has 0 amide bonds. The molecule has 18 heavy (non-hydrogen) atoms. The molecule has 0 fully saturated rings. The second kappa shape index (κ2) is 4.64. The van der Waals surface area contributed by atoms with E-state index in [1.165, 1.54) is 11.4 Å². The largest absolute Gasteiger partial charge is 0.381 e. The normalized spacial score (nSPS) is 18.1.